The van der Waals surface area contributed by atoms with Crippen LogP contribution in [0.2, 0.25) is 10.0 Å². The lowest BCUT2D eigenvalue weighted by molar-refractivity contribution is -0.139. The van der Waals surface area contributed by atoms with Gasteiger partial charge in [-0.1, -0.05) is 23.2 Å². The van der Waals surface area contributed by atoms with Crippen molar-refractivity contribution in [1.82, 2.24) is 24.5 Å². The van der Waals surface area contributed by atoms with Crippen LogP contribution in [0, 0.1) is 0 Å². The fourth-order valence-corrected chi connectivity index (χ4v) is 2.44. The molecule has 2 rings (SSSR count). The third-order valence-electron chi connectivity index (χ3n) is 3.39. The molecule has 0 atom stereocenters. The van der Waals surface area contributed by atoms with Crippen LogP contribution in [0.25, 0.3) is 0 Å². The molecule has 114 valence electrons. The minimum atomic E-state index is -0.840. The minimum absolute atomic E-state index is 0.0977. The van der Waals surface area contributed by atoms with Crippen molar-refractivity contribution in [2.24, 2.45) is 7.05 Å². The third-order valence-corrected chi connectivity index (χ3v) is 3.90. The van der Waals surface area contributed by atoms with Crippen LogP contribution in [0.3, 0.4) is 0 Å². The summed E-state index contributed by atoms with van der Waals surface area (Å²) >= 11 is 11.9. The zero-order valence-electron chi connectivity index (χ0n) is 12.3. The molecule has 0 aliphatic heterocycles. The van der Waals surface area contributed by atoms with Gasteiger partial charge in [-0.05, 0) is 13.8 Å². The second-order valence-corrected chi connectivity index (χ2v) is 6.23. The number of nitrogens with zero attached hydrogens (tertiary/aromatic N) is 5. The van der Waals surface area contributed by atoms with E-state index in [1.807, 2.05) is 0 Å². The first-order valence-electron chi connectivity index (χ1n) is 6.36. The Hall–Kier alpha value is -1.53. The number of carbonyl (C=O) groups is 1. The average molecular weight is 330 g/mol. The van der Waals surface area contributed by atoms with Crippen LogP contribution in [-0.4, -0.2) is 37.4 Å². The number of aromatic nitrogens is 4. The van der Waals surface area contributed by atoms with Gasteiger partial charge in [0.05, 0.1) is 34.7 Å². The monoisotopic (exact) mass is 329 g/mol. The van der Waals surface area contributed by atoms with Crippen LogP contribution < -0.4 is 0 Å². The average Bonchev–Trinajstić information content (AvgIpc) is 2.99. The standard InChI is InChI=1S/C13H17Cl2N5O/c1-13(2,20-7-9(14)5-17-20)12(21)18(3)8-11-10(15)6-16-19(11)4/h5-7H,8H2,1-4H3. The van der Waals surface area contributed by atoms with Crippen molar-refractivity contribution in [3.8, 4) is 0 Å². The summed E-state index contributed by atoms with van der Waals surface area (Å²) in [4.78, 5) is 14.3. The fourth-order valence-electron chi connectivity index (χ4n) is 2.08. The van der Waals surface area contributed by atoms with Gasteiger partial charge in [0.15, 0.2) is 0 Å². The van der Waals surface area contributed by atoms with Crippen LogP contribution in [-0.2, 0) is 23.9 Å². The van der Waals surface area contributed by atoms with Crippen LogP contribution in [0.4, 0.5) is 0 Å². The van der Waals surface area contributed by atoms with E-state index < -0.39 is 5.54 Å². The normalized spacial score (nSPS) is 11.7. The smallest absolute Gasteiger partial charge is 0.250 e. The number of halogens is 2. The Morgan fingerprint density at radius 3 is 2.48 bits per heavy atom. The Morgan fingerprint density at radius 1 is 1.33 bits per heavy atom. The van der Waals surface area contributed by atoms with Crippen molar-refractivity contribution in [2.75, 3.05) is 7.05 Å². The van der Waals surface area contributed by atoms with Crippen LogP contribution in [0.15, 0.2) is 18.6 Å². The first-order valence-corrected chi connectivity index (χ1v) is 7.11. The zero-order valence-corrected chi connectivity index (χ0v) is 13.9. The molecule has 2 aromatic heterocycles. The molecule has 0 radical (unpaired) electrons. The lowest BCUT2D eigenvalue weighted by atomic mass is 10.0. The predicted molar refractivity (Wildman–Crippen MR) is 81.3 cm³/mol. The summed E-state index contributed by atoms with van der Waals surface area (Å²) in [5.74, 6) is -0.0977. The molecule has 1 amide bonds. The van der Waals surface area contributed by atoms with Gasteiger partial charge in [-0.2, -0.15) is 10.2 Å². The van der Waals surface area contributed by atoms with Crippen molar-refractivity contribution in [2.45, 2.75) is 25.9 Å². The maximum absolute atomic E-state index is 12.7. The molecule has 0 N–H and O–H groups in total. The lowest BCUT2D eigenvalue weighted by Crippen LogP contribution is -2.45. The van der Waals surface area contributed by atoms with Gasteiger partial charge in [-0.15, -0.1) is 0 Å². The van der Waals surface area contributed by atoms with E-state index in [4.69, 9.17) is 23.2 Å². The van der Waals surface area contributed by atoms with E-state index in [0.717, 1.165) is 5.69 Å². The van der Waals surface area contributed by atoms with E-state index in [0.29, 0.717) is 16.6 Å². The molecular formula is C13H17Cl2N5O. The number of carbonyl (C=O) groups excluding carboxylic acids is 1. The number of likely N-dealkylation sites (N-methyl/N-ethyl adjacent to an activating group) is 1. The van der Waals surface area contributed by atoms with Gasteiger partial charge in [0.25, 0.3) is 0 Å². The van der Waals surface area contributed by atoms with Gasteiger partial charge in [-0.25, -0.2) is 0 Å². The Labute approximate surface area is 133 Å². The van der Waals surface area contributed by atoms with E-state index in [1.165, 1.54) is 6.20 Å². The molecule has 0 aromatic carbocycles. The molecular weight excluding hydrogens is 313 g/mol. The summed E-state index contributed by atoms with van der Waals surface area (Å²) in [5, 5.41) is 9.21. The molecule has 0 aliphatic carbocycles. The van der Waals surface area contributed by atoms with Crippen molar-refractivity contribution < 1.29 is 4.79 Å². The summed E-state index contributed by atoms with van der Waals surface area (Å²) in [7, 11) is 3.51. The van der Waals surface area contributed by atoms with Crippen molar-refractivity contribution in [3.63, 3.8) is 0 Å². The lowest BCUT2D eigenvalue weighted by Gasteiger charge is -2.29. The molecule has 0 bridgehead atoms. The molecule has 0 fully saturated rings. The maximum atomic E-state index is 12.7. The van der Waals surface area contributed by atoms with E-state index in [1.54, 1.807) is 54.6 Å². The summed E-state index contributed by atoms with van der Waals surface area (Å²) < 4.78 is 3.21. The van der Waals surface area contributed by atoms with Crippen LogP contribution in [0.5, 0.6) is 0 Å². The summed E-state index contributed by atoms with van der Waals surface area (Å²) in [6.07, 6.45) is 4.70. The van der Waals surface area contributed by atoms with Crippen molar-refractivity contribution in [1.29, 1.82) is 0 Å². The Balaban J connectivity index is 2.19. The highest BCUT2D eigenvalue weighted by Crippen LogP contribution is 2.22. The number of hydrogen-bond acceptors (Lipinski definition) is 3. The minimum Gasteiger partial charge on any atom is -0.338 e. The predicted octanol–water partition coefficient (Wildman–Crippen LogP) is 2.32. The second kappa shape index (κ2) is 5.69. The highest BCUT2D eigenvalue weighted by Gasteiger charge is 2.33. The number of rotatable bonds is 4. The Kier molecular flexibility index (Phi) is 4.30. The van der Waals surface area contributed by atoms with E-state index in [9.17, 15) is 4.79 Å². The third kappa shape index (κ3) is 3.06. The molecule has 21 heavy (non-hydrogen) atoms. The van der Waals surface area contributed by atoms with E-state index in [2.05, 4.69) is 10.2 Å². The van der Waals surface area contributed by atoms with Gasteiger partial charge >= 0.3 is 0 Å². The first-order chi connectivity index (χ1) is 9.73. The molecule has 0 unspecified atom stereocenters. The maximum Gasteiger partial charge on any atom is 0.250 e. The van der Waals surface area contributed by atoms with Crippen molar-refractivity contribution in [3.05, 3.63) is 34.3 Å². The molecule has 0 aliphatic rings. The summed E-state index contributed by atoms with van der Waals surface area (Å²) in [5.41, 5.74) is -0.0609. The number of aryl methyl sites for hydroxylation is 1. The van der Waals surface area contributed by atoms with E-state index in [-0.39, 0.29) is 5.91 Å². The Bertz CT molecular complexity index is 642. The molecule has 0 saturated heterocycles. The molecule has 2 aromatic rings. The molecule has 8 heteroatoms. The highest BCUT2D eigenvalue weighted by atomic mass is 35.5. The topological polar surface area (TPSA) is 56.0 Å². The largest absolute Gasteiger partial charge is 0.338 e. The quantitative estimate of drug-likeness (QED) is 0.864. The highest BCUT2D eigenvalue weighted by molar-refractivity contribution is 6.31. The zero-order chi connectivity index (χ0) is 15.8. The SMILES string of the molecule is CN(Cc1c(Cl)cnn1C)C(=O)C(C)(C)n1cc(Cl)cn1. The van der Waals surface area contributed by atoms with Gasteiger partial charge in [0, 0.05) is 20.3 Å². The van der Waals surface area contributed by atoms with Gasteiger partial charge in [0.1, 0.15) is 5.54 Å². The van der Waals surface area contributed by atoms with Crippen LogP contribution >= 0.6 is 23.2 Å². The van der Waals surface area contributed by atoms with Crippen LogP contribution in [0.1, 0.15) is 19.5 Å². The van der Waals surface area contributed by atoms with Crippen molar-refractivity contribution >= 4 is 29.1 Å². The fraction of sp³-hybridized carbons (Fsp3) is 0.462. The summed E-state index contributed by atoms with van der Waals surface area (Å²) in [6.45, 7) is 3.95. The Morgan fingerprint density at radius 2 is 2.00 bits per heavy atom. The van der Waals surface area contributed by atoms with E-state index >= 15 is 0 Å². The second-order valence-electron chi connectivity index (χ2n) is 5.39. The summed E-state index contributed by atoms with van der Waals surface area (Å²) in [6, 6.07) is 0. The van der Waals surface area contributed by atoms with Gasteiger partial charge < -0.3 is 4.90 Å². The molecule has 6 nitrogen and oxygen atoms in total. The molecule has 0 spiro atoms. The molecule has 0 saturated carbocycles. The van der Waals surface area contributed by atoms with Gasteiger partial charge in [0.2, 0.25) is 5.91 Å². The first kappa shape index (κ1) is 15.9. The number of amides is 1. The number of hydrogen-bond donors (Lipinski definition) is 0. The molecule has 2 heterocycles. The van der Waals surface area contributed by atoms with Gasteiger partial charge in [-0.3, -0.25) is 14.2 Å².